The summed E-state index contributed by atoms with van der Waals surface area (Å²) in [5, 5.41) is 7.64. The van der Waals surface area contributed by atoms with Gasteiger partial charge in [0.1, 0.15) is 0 Å². The molecule has 0 amide bonds. The van der Waals surface area contributed by atoms with Gasteiger partial charge in [0.15, 0.2) is 11.5 Å². The third-order valence-electron chi connectivity index (χ3n) is 3.21. The third kappa shape index (κ3) is 5.06. The minimum absolute atomic E-state index is 0.667. The zero-order valence-corrected chi connectivity index (χ0v) is 13.5. The zero-order valence-electron chi connectivity index (χ0n) is 12.7. The van der Waals surface area contributed by atoms with Gasteiger partial charge in [-0.1, -0.05) is 13.0 Å². The quantitative estimate of drug-likeness (QED) is 0.713. The number of benzene rings is 1. The Bertz CT molecular complexity index is 526. The molecule has 0 saturated carbocycles. The molecule has 1 heterocycles. The van der Waals surface area contributed by atoms with Crippen LogP contribution in [0.25, 0.3) is 0 Å². The molecule has 0 aliphatic heterocycles. The van der Waals surface area contributed by atoms with Gasteiger partial charge in [0.05, 0.1) is 13.7 Å². The van der Waals surface area contributed by atoms with Crippen LogP contribution in [0.2, 0.25) is 0 Å². The van der Waals surface area contributed by atoms with Crippen LogP contribution < -0.4 is 14.8 Å². The van der Waals surface area contributed by atoms with Gasteiger partial charge in [0.25, 0.3) is 0 Å². The second kappa shape index (κ2) is 8.70. The molecule has 0 spiro atoms. The van der Waals surface area contributed by atoms with E-state index in [2.05, 4.69) is 35.1 Å². The Hall–Kier alpha value is -1.52. The SMILES string of the molecule is CCCNCc1ccc(OCCc2ccsc2)c(OC)c1. The molecule has 114 valence electrons. The summed E-state index contributed by atoms with van der Waals surface area (Å²) in [6.07, 6.45) is 2.06. The van der Waals surface area contributed by atoms with E-state index in [1.54, 1.807) is 18.4 Å². The van der Waals surface area contributed by atoms with Crippen molar-refractivity contribution in [3.8, 4) is 11.5 Å². The molecule has 3 nitrogen and oxygen atoms in total. The summed E-state index contributed by atoms with van der Waals surface area (Å²) in [4.78, 5) is 0. The lowest BCUT2D eigenvalue weighted by molar-refractivity contribution is 0.297. The molecule has 1 aromatic heterocycles. The van der Waals surface area contributed by atoms with E-state index in [0.29, 0.717) is 6.61 Å². The van der Waals surface area contributed by atoms with Crippen LogP contribution in [0.15, 0.2) is 35.0 Å². The van der Waals surface area contributed by atoms with Gasteiger partial charge in [-0.15, -0.1) is 0 Å². The van der Waals surface area contributed by atoms with Crippen molar-refractivity contribution >= 4 is 11.3 Å². The normalized spacial score (nSPS) is 10.6. The van der Waals surface area contributed by atoms with E-state index in [4.69, 9.17) is 9.47 Å². The van der Waals surface area contributed by atoms with Crippen molar-refractivity contribution in [3.63, 3.8) is 0 Å². The standard InChI is InChI=1S/C17H23NO2S/c1-3-8-18-12-15-4-5-16(17(11-15)19-2)20-9-6-14-7-10-21-13-14/h4-5,7,10-11,13,18H,3,6,8-9,12H2,1-2H3. The van der Waals surface area contributed by atoms with Gasteiger partial charge in [0.2, 0.25) is 0 Å². The van der Waals surface area contributed by atoms with E-state index in [1.807, 2.05) is 12.1 Å². The van der Waals surface area contributed by atoms with Crippen LogP contribution in [0.4, 0.5) is 0 Å². The van der Waals surface area contributed by atoms with Crippen LogP contribution in [0.3, 0.4) is 0 Å². The van der Waals surface area contributed by atoms with E-state index in [9.17, 15) is 0 Å². The van der Waals surface area contributed by atoms with Crippen molar-refractivity contribution in [2.75, 3.05) is 20.3 Å². The minimum Gasteiger partial charge on any atom is -0.493 e. The van der Waals surface area contributed by atoms with Crippen LogP contribution in [-0.4, -0.2) is 20.3 Å². The maximum atomic E-state index is 5.84. The maximum Gasteiger partial charge on any atom is 0.161 e. The number of thiophene rings is 1. The third-order valence-corrected chi connectivity index (χ3v) is 3.94. The van der Waals surface area contributed by atoms with Crippen molar-refractivity contribution in [1.82, 2.24) is 5.32 Å². The summed E-state index contributed by atoms with van der Waals surface area (Å²) < 4.78 is 11.3. The Labute approximate surface area is 130 Å². The summed E-state index contributed by atoms with van der Waals surface area (Å²) in [5.41, 5.74) is 2.53. The Morgan fingerprint density at radius 1 is 1.14 bits per heavy atom. The molecule has 2 rings (SSSR count). The fourth-order valence-electron chi connectivity index (χ4n) is 2.06. The van der Waals surface area contributed by atoms with E-state index in [-0.39, 0.29) is 0 Å². The van der Waals surface area contributed by atoms with Crippen molar-refractivity contribution in [2.45, 2.75) is 26.3 Å². The molecule has 0 aliphatic carbocycles. The number of methoxy groups -OCH3 is 1. The number of rotatable bonds is 9. The second-order valence-corrected chi connectivity index (χ2v) is 5.67. The van der Waals surface area contributed by atoms with Gasteiger partial charge in [-0.25, -0.2) is 0 Å². The minimum atomic E-state index is 0.667. The summed E-state index contributed by atoms with van der Waals surface area (Å²) >= 11 is 1.72. The Balaban J connectivity index is 1.89. The smallest absolute Gasteiger partial charge is 0.161 e. The maximum absolute atomic E-state index is 5.84. The Morgan fingerprint density at radius 3 is 2.76 bits per heavy atom. The van der Waals surface area contributed by atoms with Crippen LogP contribution in [-0.2, 0) is 13.0 Å². The van der Waals surface area contributed by atoms with Gasteiger partial charge >= 0.3 is 0 Å². The lowest BCUT2D eigenvalue weighted by Crippen LogP contribution is -2.13. The topological polar surface area (TPSA) is 30.5 Å². The number of hydrogen-bond acceptors (Lipinski definition) is 4. The first-order chi connectivity index (χ1) is 10.3. The average molecular weight is 305 g/mol. The van der Waals surface area contributed by atoms with Crippen LogP contribution in [0, 0.1) is 0 Å². The summed E-state index contributed by atoms with van der Waals surface area (Å²) in [6, 6.07) is 8.26. The van der Waals surface area contributed by atoms with E-state index < -0.39 is 0 Å². The number of nitrogens with one attached hydrogen (secondary N) is 1. The Kier molecular flexibility index (Phi) is 6.57. The van der Waals surface area contributed by atoms with Gasteiger partial charge in [0, 0.05) is 13.0 Å². The molecule has 1 aromatic carbocycles. The lowest BCUT2D eigenvalue weighted by atomic mass is 10.2. The molecule has 21 heavy (non-hydrogen) atoms. The number of hydrogen-bond donors (Lipinski definition) is 1. The molecule has 0 atom stereocenters. The highest BCUT2D eigenvalue weighted by Gasteiger charge is 2.06. The fourth-order valence-corrected chi connectivity index (χ4v) is 2.77. The van der Waals surface area contributed by atoms with Gasteiger partial charge in [-0.05, 0) is 53.1 Å². The largest absolute Gasteiger partial charge is 0.493 e. The first-order valence-corrected chi connectivity index (χ1v) is 8.29. The fraction of sp³-hybridized carbons (Fsp3) is 0.412. The summed E-state index contributed by atoms with van der Waals surface area (Å²) in [6.45, 7) is 4.72. The molecule has 0 bridgehead atoms. The number of ether oxygens (including phenoxy) is 2. The van der Waals surface area contributed by atoms with E-state index >= 15 is 0 Å². The van der Waals surface area contributed by atoms with Crippen LogP contribution in [0.1, 0.15) is 24.5 Å². The molecule has 0 radical (unpaired) electrons. The van der Waals surface area contributed by atoms with Gasteiger partial charge in [-0.3, -0.25) is 0 Å². The zero-order chi connectivity index (χ0) is 14.9. The first kappa shape index (κ1) is 15.9. The van der Waals surface area contributed by atoms with Crippen molar-refractivity contribution in [2.24, 2.45) is 0 Å². The molecule has 0 unspecified atom stereocenters. The van der Waals surface area contributed by atoms with Gasteiger partial charge in [-0.2, -0.15) is 11.3 Å². The predicted octanol–water partition coefficient (Wildman–Crippen LogP) is 3.88. The molecular weight excluding hydrogens is 282 g/mol. The monoisotopic (exact) mass is 305 g/mol. The Morgan fingerprint density at radius 2 is 2.05 bits per heavy atom. The molecule has 0 aliphatic rings. The lowest BCUT2D eigenvalue weighted by Gasteiger charge is -2.12. The highest BCUT2D eigenvalue weighted by atomic mass is 32.1. The molecule has 4 heteroatoms. The van der Waals surface area contributed by atoms with Crippen molar-refractivity contribution in [3.05, 3.63) is 46.2 Å². The highest BCUT2D eigenvalue weighted by Crippen LogP contribution is 2.28. The summed E-state index contributed by atoms with van der Waals surface area (Å²) in [7, 11) is 1.68. The average Bonchev–Trinajstić information content (AvgIpc) is 3.02. The molecule has 2 aromatic rings. The first-order valence-electron chi connectivity index (χ1n) is 7.35. The van der Waals surface area contributed by atoms with Crippen molar-refractivity contribution in [1.29, 1.82) is 0 Å². The molecular formula is C17H23NO2S. The molecule has 0 fully saturated rings. The van der Waals surface area contributed by atoms with Crippen LogP contribution in [0.5, 0.6) is 11.5 Å². The van der Waals surface area contributed by atoms with E-state index in [1.165, 1.54) is 11.1 Å². The predicted molar refractivity (Wildman–Crippen MR) is 88.5 cm³/mol. The molecule has 0 saturated heterocycles. The van der Waals surface area contributed by atoms with E-state index in [0.717, 1.165) is 37.4 Å². The van der Waals surface area contributed by atoms with Crippen molar-refractivity contribution < 1.29 is 9.47 Å². The van der Waals surface area contributed by atoms with Crippen LogP contribution >= 0.6 is 11.3 Å². The van der Waals surface area contributed by atoms with Gasteiger partial charge < -0.3 is 14.8 Å². The summed E-state index contributed by atoms with van der Waals surface area (Å²) in [5.74, 6) is 1.61. The second-order valence-electron chi connectivity index (χ2n) is 4.89. The highest BCUT2D eigenvalue weighted by molar-refractivity contribution is 7.07. The molecule has 1 N–H and O–H groups in total.